The molecular weight excluding hydrogens is 320 g/mol. The van der Waals surface area contributed by atoms with E-state index in [1.54, 1.807) is 14.0 Å². The topological polar surface area (TPSA) is 76.9 Å². The zero-order chi connectivity index (χ0) is 15.7. The number of aromatic nitrogens is 3. The van der Waals surface area contributed by atoms with Crippen LogP contribution in [-0.2, 0) is 7.05 Å². The predicted molar refractivity (Wildman–Crippen MR) is 88.0 cm³/mol. The molecule has 3 rings (SSSR count). The Morgan fingerprint density at radius 1 is 1.23 bits per heavy atom. The number of amides is 1. The van der Waals surface area contributed by atoms with E-state index in [4.69, 9.17) is 0 Å². The summed E-state index contributed by atoms with van der Waals surface area (Å²) in [5.74, 6) is 0.193. The van der Waals surface area contributed by atoms with Crippen molar-refractivity contribution in [3.8, 4) is 0 Å². The van der Waals surface area contributed by atoms with Gasteiger partial charge in [0.15, 0.2) is 0 Å². The fourth-order valence-corrected chi connectivity index (χ4v) is 4.47. The Morgan fingerprint density at radius 2 is 1.95 bits per heavy atom. The van der Waals surface area contributed by atoms with E-state index in [2.05, 4.69) is 15.5 Å². The molecule has 2 heterocycles. The fraction of sp³-hybridized carbons (Fsp3) is 0.571. The molecule has 0 aromatic carbocycles. The molecule has 0 spiro atoms. The molecule has 22 heavy (non-hydrogen) atoms. The third-order valence-electron chi connectivity index (χ3n) is 4.12. The molecule has 1 aliphatic carbocycles. The number of anilines is 1. The Labute approximate surface area is 136 Å². The minimum atomic E-state index is -0.286. The minimum absolute atomic E-state index is 0.136. The van der Waals surface area contributed by atoms with Gasteiger partial charge in [-0.3, -0.25) is 14.9 Å². The van der Waals surface area contributed by atoms with Crippen molar-refractivity contribution in [1.29, 1.82) is 0 Å². The van der Waals surface area contributed by atoms with Crippen LogP contribution >= 0.6 is 22.7 Å². The minimum Gasteiger partial charge on any atom is -0.306 e. The monoisotopic (exact) mass is 338 g/mol. The molecule has 1 aliphatic rings. The summed E-state index contributed by atoms with van der Waals surface area (Å²) >= 11 is 2.40. The first-order valence-electron chi connectivity index (χ1n) is 7.37. The maximum atomic E-state index is 12.3. The number of hydrogen-bond acceptors (Lipinski definition) is 6. The van der Waals surface area contributed by atoms with Crippen molar-refractivity contribution in [3.05, 3.63) is 25.2 Å². The molecule has 2 aromatic heterocycles. The van der Waals surface area contributed by atoms with Crippen LogP contribution in [0.3, 0.4) is 0 Å². The first-order valence-corrected chi connectivity index (χ1v) is 9.00. The van der Waals surface area contributed by atoms with Crippen molar-refractivity contribution < 1.29 is 4.79 Å². The standard InChI is InChI=1S/C14H18N4O2S2/c1-8-10(21-14(20)18(8)2)11(19)15-13-17-16-12(22-13)9-6-4-3-5-7-9/h9H,3-7H2,1-2H3,(H,15,17,19). The SMILES string of the molecule is Cc1c(C(=O)Nc2nnc(C3CCCCC3)s2)sc(=O)n1C. The van der Waals surface area contributed by atoms with Gasteiger partial charge < -0.3 is 4.57 Å². The molecule has 0 bridgehead atoms. The van der Waals surface area contributed by atoms with Crippen molar-refractivity contribution in [2.75, 3.05) is 5.32 Å². The van der Waals surface area contributed by atoms with Crippen molar-refractivity contribution in [2.24, 2.45) is 7.05 Å². The molecule has 8 heteroatoms. The summed E-state index contributed by atoms with van der Waals surface area (Å²) in [6.45, 7) is 1.76. The largest absolute Gasteiger partial charge is 0.307 e. The van der Waals surface area contributed by atoms with E-state index in [1.807, 2.05) is 0 Å². The van der Waals surface area contributed by atoms with E-state index < -0.39 is 0 Å². The Hall–Kier alpha value is -1.54. The van der Waals surface area contributed by atoms with Gasteiger partial charge in [0.25, 0.3) is 5.91 Å². The van der Waals surface area contributed by atoms with Crippen LogP contribution in [-0.4, -0.2) is 20.7 Å². The molecule has 1 N–H and O–H groups in total. The number of carbonyl (C=O) groups is 1. The summed E-state index contributed by atoms with van der Waals surface area (Å²) in [5.41, 5.74) is 0.671. The Kier molecular flexibility index (Phi) is 4.39. The second-order valence-corrected chi connectivity index (χ2v) is 7.55. The van der Waals surface area contributed by atoms with Gasteiger partial charge in [-0.1, -0.05) is 41.9 Å². The number of nitrogens with zero attached hydrogens (tertiary/aromatic N) is 3. The number of thiazole rings is 1. The van der Waals surface area contributed by atoms with E-state index in [0.717, 1.165) is 29.2 Å². The molecule has 6 nitrogen and oxygen atoms in total. The molecule has 0 unspecified atom stereocenters. The van der Waals surface area contributed by atoms with Crippen LogP contribution in [0.1, 0.15) is 58.4 Å². The summed E-state index contributed by atoms with van der Waals surface area (Å²) in [6.07, 6.45) is 6.08. The van der Waals surface area contributed by atoms with Gasteiger partial charge in [-0.25, -0.2) is 0 Å². The maximum Gasteiger partial charge on any atom is 0.307 e. The van der Waals surface area contributed by atoms with Crippen LogP contribution in [0.25, 0.3) is 0 Å². The molecule has 0 atom stereocenters. The van der Waals surface area contributed by atoms with Crippen molar-refractivity contribution in [2.45, 2.75) is 44.9 Å². The van der Waals surface area contributed by atoms with E-state index in [0.29, 0.717) is 21.6 Å². The van der Waals surface area contributed by atoms with Crippen LogP contribution in [0.15, 0.2) is 4.79 Å². The molecular formula is C14H18N4O2S2. The van der Waals surface area contributed by atoms with E-state index in [9.17, 15) is 9.59 Å². The molecule has 1 fully saturated rings. The van der Waals surface area contributed by atoms with E-state index in [1.165, 1.54) is 35.2 Å². The van der Waals surface area contributed by atoms with Gasteiger partial charge in [-0.15, -0.1) is 10.2 Å². The van der Waals surface area contributed by atoms with Gasteiger partial charge in [0.05, 0.1) is 0 Å². The average molecular weight is 338 g/mol. The highest BCUT2D eigenvalue weighted by atomic mass is 32.1. The van der Waals surface area contributed by atoms with Crippen molar-refractivity contribution in [1.82, 2.24) is 14.8 Å². The third kappa shape index (κ3) is 2.98. The van der Waals surface area contributed by atoms with Gasteiger partial charge in [0, 0.05) is 18.7 Å². The lowest BCUT2D eigenvalue weighted by Crippen LogP contribution is -2.12. The first-order chi connectivity index (χ1) is 10.6. The highest BCUT2D eigenvalue weighted by molar-refractivity contribution is 7.15. The summed E-state index contributed by atoms with van der Waals surface area (Å²) < 4.78 is 1.48. The quantitative estimate of drug-likeness (QED) is 0.933. The first kappa shape index (κ1) is 15.4. The fourth-order valence-electron chi connectivity index (χ4n) is 2.68. The second-order valence-electron chi connectivity index (χ2n) is 5.58. The Balaban J connectivity index is 1.73. The van der Waals surface area contributed by atoms with Crippen LogP contribution in [0.4, 0.5) is 5.13 Å². The van der Waals surface area contributed by atoms with Crippen LogP contribution in [0.2, 0.25) is 0 Å². The van der Waals surface area contributed by atoms with Crippen LogP contribution < -0.4 is 10.2 Å². The number of carbonyl (C=O) groups excluding carboxylic acids is 1. The average Bonchev–Trinajstić information content (AvgIpc) is 3.09. The number of rotatable bonds is 3. The summed E-state index contributed by atoms with van der Waals surface area (Å²) in [4.78, 5) is 24.2. The second kappa shape index (κ2) is 6.29. The summed E-state index contributed by atoms with van der Waals surface area (Å²) in [6, 6.07) is 0. The number of nitrogens with one attached hydrogen (secondary N) is 1. The lowest BCUT2D eigenvalue weighted by molar-refractivity contribution is 0.102. The number of hydrogen-bond donors (Lipinski definition) is 1. The Bertz CT molecular complexity index is 740. The molecule has 0 radical (unpaired) electrons. The maximum absolute atomic E-state index is 12.3. The van der Waals surface area contributed by atoms with Crippen molar-refractivity contribution >= 4 is 33.7 Å². The van der Waals surface area contributed by atoms with Gasteiger partial charge >= 0.3 is 4.87 Å². The zero-order valence-electron chi connectivity index (χ0n) is 12.6. The van der Waals surface area contributed by atoms with Crippen LogP contribution in [0, 0.1) is 6.92 Å². The lowest BCUT2D eigenvalue weighted by atomic mass is 9.90. The van der Waals surface area contributed by atoms with E-state index >= 15 is 0 Å². The highest BCUT2D eigenvalue weighted by Gasteiger charge is 2.21. The highest BCUT2D eigenvalue weighted by Crippen LogP contribution is 2.35. The lowest BCUT2D eigenvalue weighted by Gasteiger charge is -2.18. The molecule has 0 aliphatic heterocycles. The molecule has 1 saturated carbocycles. The molecule has 0 saturated heterocycles. The van der Waals surface area contributed by atoms with E-state index in [-0.39, 0.29) is 10.8 Å². The van der Waals surface area contributed by atoms with Gasteiger partial charge in [-0.05, 0) is 19.8 Å². The molecule has 118 valence electrons. The van der Waals surface area contributed by atoms with Crippen molar-refractivity contribution in [3.63, 3.8) is 0 Å². The molecule has 1 amide bonds. The van der Waals surface area contributed by atoms with Crippen LogP contribution in [0.5, 0.6) is 0 Å². The van der Waals surface area contributed by atoms with Gasteiger partial charge in [-0.2, -0.15) is 0 Å². The van der Waals surface area contributed by atoms with Gasteiger partial charge in [0.1, 0.15) is 9.88 Å². The van der Waals surface area contributed by atoms with Gasteiger partial charge in [0.2, 0.25) is 5.13 Å². The normalized spacial score (nSPS) is 15.9. The Morgan fingerprint density at radius 3 is 2.59 bits per heavy atom. The summed E-state index contributed by atoms with van der Waals surface area (Å²) in [5, 5.41) is 12.6. The third-order valence-corrected chi connectivity index (χ3v) is 6.25. The predicted octanol–water partition coefficient (Wildman–Crippen LogP) is 2.91. The summed E-state index contributed by atoms with van der Waals surface area (Å²) in [7, 11) is 1.66. The zero-order valence-corrected chi connectivity index (χ0v) is 14.2. The smallest absolute Gasteiger partial charge is 0.306 e. The molecule has 2 aromatic rings.